The lowest BCUT2D eigenvalue weighted by Gasteiger charge is -2.13. The first-order valence-electron chi connectivity index (χ1n) is 4.95. The average molecular weight is 219 g/mol. The summed E-state index contributed by atoms with van der Waals surface area (Å²) in [4.78, 5) is 11.4. The number of likely N-dealkylation sites (N-methyl/N-ethyl adjacent to an activating group) is 1. The molecule has 0 radical (unpaired) electrons. The topological polar surface area (TPSA) is 90.7 Å². The summed E-state index contributed by atoms with van der Waals surface area (Å²) in [6.07, 6.45) is 1.43. The lowest BCUT2D eigenvalue weighted by Crippen LogP contribution is -2.37. The number of nitriles is 1. The third-order valence-corrected chi connectivity index (χ3v) is 1.94. The van der Waals surface area contributed by atoms with E-state index in [4.69, 9.17) is 5.26 Å². The summed E-state index contributed by atoms with van der Waals surface area (Å²) in [5, 5.41) is 21.7. The summed E-state index contributed by atoms with van der Waals surface area (Å²) in [5.41, 5.74) is 0.367. The van der Waals surface area contributed by atoms with Crippen LogP contribution in [0.4, 0.5) is 5.82 Å². The van der Waals surface area contributed by atoms with Crippen molar-refractivity contribution >= 4 is 11.7 Å². The number of hydrogen-bond acceptors (Lipinski definition) is 5. The van der Waals surface area contributed by atoms with Gasteiger partial charge in [0, 0.05) is 6.54 Å². The molecular weight excluding hydrogens is 206 g/mol. The fourth-order valence-corrected chi connectivity index (χ4v) is 1.13. The first-order chi connectivity index (χ1) is 7.69. The molecule has 0 aliphatic carbocycles. The molecule has 1 rings (SSSR count). The van der Waals surface area contributed by atoms with Crippen LogP contribution in [-0.4, -0.2) is 28.7 Å². The van der Waals surface area contributed by atoms with Crippen LogP contribution in [0.5, 0.6) is 0 Å². The highest BCUT2D eigenvalue weighted by molar-refractivity contribution is 5.84. The van der Waals surface area contributed by atoms with Gasteiger partial charge < -0.3 is 10.6 Å². The van der Waals surface area contributed by atoms with E-state index in [1.807, 2.05) is 13.0 Å². The Kier molecular flexibility index (Phi) is 4.21. The summed E-state index contributed by atoms with van der Waals surface area (Å²) >= 11 is 0. The van der Waals surface area contributed by atoms with E-state index >= 15 is 0 Å². The SMILES string of the molecule is CCNC(=O)C(C)Nc1nnccc1C#N. The van der Waals surface area contributed by atoms with Crippen LogP contribution in [0.25, 0.3) is 0 Å². The van der Waals surface area contributed by atoms with E-state index in [0.29, 0.717) is 17.9 Å². The summed E-state index contributed by atoms with van der Waals surface area (Å²) in [6.45, 7) is 4.10. The Labute approximate surface area is 93.7 Å². The van der Waals surface area contributed by atoms with E-state index < -0.39 is 6.04 Å². The van der Waals surface area contributed by atoms with Crippen molar-refractivity contribution < 1.29 is 4.79 Å². The predicted molar refractivity (Wildman–Crippen MR) is 58.5 cm³/mol. The second-order valence-corrected chi connectivity index (χ2v) is 3.17. The largest absolute Gasteiger partial charge is 0.356 e. The average Bonchev–Trinajstić information content (AvgIpc) is 2.30. The first-order valence-corrected chi connectivity index (χ1v) is 4.95. The minimum atomic E-state index is -0.455. The van der Waals surface area contributed by atoms with Crippen molar-refractivity contribution in [1.82, 2.24) is 15.5 Å². The lowest BCUT2D eigenvalue weighted by molar-refractivity contribution is -0.121. The van der Waals surface area contributed by atoms with Gasteiger partial charge in [-0.25, -0.2) is 0 Å². The van der Waals surface area contributed by atoms with Crippen LogP contribution in [0, 0.1) is 11.3 Å². The normalized spacial score (nSPS) is 11.3. The van der Waals surface area contributed by atoms with Gasteiger partial charge in [0.15, 0.2) is 5.82 Å². The minimum absolute atomic E-state index is 0.142. The third-order valence-electron chi connectivity index (χ3n) is 1.94. The maximum Gasteiger partial charge on any atom is 0.242 e. The molecule has 0 aliphatic heterocycles. The number of nitrogens with zero attached hydrogens (tertiary/aromatic N) is 3. The quantitative estimate of drug-likeness (QED) is 0.759. The van der Waals surface area contributed by atoms with Gasteiger partial charge in [0.2, 0.25) is 5.91 Å². The number of rotatable bonds is 4. The maximum absolute atomic E-state index is 11.4. The number of amides is 1. The van der Waals surface area contributed by atoms with Crippen molar-refractivity contribution in [2.24, 2.45) is 0 Å². The van der Waals surface area contributed by atoms with Crippen LogP contribution in [-0.2, 0) is 4.79 Å². The highest BCUT2D eigenvalue weighted by Gasteiger charge is 2.13. The molecule has 0 spiro atoms. The molecule has 0 aromatic carbocycles. The van der Waals surface area contributed by atoms with Gasteiger partial charge in [-0.1, -0.05) is 0 Å². The molecule has 0 saturated carbocycles. The van der Waals surface area contributed by atoms with Gasteiger partial charge in [0.1, 0.15) is 12.1 Å². The monoisotopic (exact) mass is 219 g/mol. The molecule has 1 unspecified atom stereocenters. The standard InChI is InChI=1S/C10H13N5O/c1-3-12-10(16)7(2)14-9-8(6-11)4-5-13-15-9/h4-5,7H,3H2,1-2H3,(H,12,16)(H,14,15). The van der Waals surface area contributed by atoms with Crippen molar-refractivity contribution in [2.75, 3.05) is 11.9 Å². The molecule has 16 heavy (non-hydrogen) atoms. The van der Waals surface area contributed by atoms with Gasteiger partial charge in [-0.3, -0.25) is 4.79 Å². The molecule has 1 aromatic heterocycles. The van der Waals surface area contributed by atoms with Gasteiger partial charge >= 0.3 is 0 Å². The Morgan fingerprint density at radius 1 is 1.69 bits per heavy atom. The van der Waals surface area contributed by atoms with Crippen LogP contribution in [0.2, 0.25) is 0 Å². The van der Waals surface area contributed by atoms with Crippen molar-refractivity contribution in [3.8, 4) is 6.07 Å². The number of anilines is 1. The molecule has 1 aromatic rings. The molecule has 0 fully saturated rings. The fourth-order valence-electron chi connectivity index (χ4n) is 1.13. The number of hydrogen-bond donors (Lipinski definition) is 2. The minimum Gasteiger partial charge on any atom is -0.356 e. The zero-order valence-corrected chi connectivity index (χ0v) is 9.19. The Morgan fingerprint density at radius 3 is 3.06 bits per heavy atom. The van der Waals surface area contributed by atoms with Crippen LogP contribution >= 0.6 is 0 Å². The highest BCUT2D eigenvalue weighted by atomic mass is 16.2. The number of nitrogens with one attached hydrogen (secondary N) is 2. The van der Waals surface area contributed by atoms with Crippen LogP contribution < -0.4 is 10.6 Å². The lowest BCUT2D eigenvalue weighted by atomic mass is 10.2. The number of carbonyl (C=O) groups is 1. The Morgan fingerprint density at radius 2 is 2.44 bits per heavy atom. The van der Waals surface area contributed by atoms with Gasteiger partial charge in [0.25, 0.3) is 0 Å². The molecule has 0 saturated heterocycles. The summed E-state index contributed by atoms with van der Waals surface area (Å²) in [5.74, 6) is 0.181. The van der Waals surface area contributed by atoms with E-state index in [9.17, 15) is 4.79 Å². The third kappa shape index (κ3) is 2.92. The summed E-state index contributed by atoms with van der Waals surface area (Å²) < 4.78 is 0. The zero-order chi connectivity index (χ0) is 12.0. The van der Waals surface area contributed by atoms with Gasteiger partial charge in [-0.15, -0.1) is 5.10 Å². The Bertz CT molecular complexity index is 412. The predicted octanol–water partition coefficient (Wildman–Crippen LogP) is 0.285. The molecule has 1 heterocycles. The second-order valence-electron chi connectivity index (χ2n) is 3.17. The molecule has 2 N–H and O–H groups in total. The van der Waals surface area contributed by atoms with Crippen LogP contribution in [0.15, 0.2) is 12.3 Å². The van der Waals surface area contributed by atoms with Gasteiger partial charge in [-0.2, -0.15) is 10.4 Å². The van der Waals surface area contributed by atoms with E-state index in [0.717, 1.165) is 0 Å². The molecule has 0 aliphatic rings. The first kappa shape index (κ1) is 11.9. The van der Waals surface area contributed by atoms with Crippen molar-refractivity contribution in [3.63, 3.8) is 0 Å². The molecule has 6 heteroatoms. The van der Waals surface area contributed by atoms with Gasteiger partial charge in [-0.05, 0) is 19.9 Å². The van der Waals surface area contributed by atoms with Crippen molar-refractivity contribution in [3.05, 3.63) is 17.8 Å². The zero-order valence-electron chi connectivity index (χ0n) is 9.19. The maximum atomic E-state index is 11.4. The summed E-state index contributed by atoms with van der Waals surface area (Å²) in [7, 11) is 0. The Balaban J connectivity index is 2.73. The molecule has 84 valence electrons. The van der Waals surface area contributed by atoms with Crippen molar-refractivity contribution in [1.29, 1.82) is 5.26 Å². The molecule has 6 nitrogen and oxygen atoms in total. The summed E-state index contributed by atoms with van der Waals surface area (Å²) in [6, 6.07) is 3.06. The number of aromatic nitrogens is 2. The molecular formula is C10H13N5O. The van der Waals surface area contributed by atoms with Crippen LogP contribution in [0.3, 0.4) is 0 Å². The van der Waals surface area contributed by atoms with E-state index in [-0.39, 0.29) is 5.91 Å². The van der Waals surface area contributed by atoms with E-state index in [1.54, 1.807) is 13.0 Å². The molecule has 1 atom stereocenters. The van der Waals surface area contributed by atoms with Gasteiger partial charge in [0.05, 0.1) is 11.8 Å². The van der Waals surface area contributed by atoms with Crippen molar-refractivity contribution in [2.45, 2.75) is 19.9 Å². The molecule has 1 amide bonds. The smallest absolute Gasteiger partial charge is 0.242 e. The Hall–Kier alpha value is -2.16. The molecule has 0 bridgehead atoms. The van der Waals surface area contributed by atoms with E-state index in [1.165, 1.54) is 6.20 Å². The highest BCUT2D eigenvalue weighted by Crippen LogP contribution is 2.09. The van der Waals surface area contributed by atoms with E-state index in [2.05, 4.69) is 20.8 Å². The second kappa shape index (κ2) is 5.66. The van der Waals surface area contributed by atoms with Crippen LogP contribution in [0.1, 0.15) is 19.4 Å². The fraction of sp³-hybridized carbons (Fsp3) is 0.400. The number of carbonyl (C=O) groups excluding carboxylic acids is 1.